The summed E-state index contributed by atoms with van der Waals surface area (Å²) in [5.74, 6) is -16.3. The molecule has 0 spiro atoms. The molecule has 0 unspecified atom stereocenters. The first-order valence-electron chi connectivity index (χ1n) is 33.2. The third kappa shape index (κ3) is 33.3. The summed E-state index contributed by atoms with van der Waals surface area (Å²) in [6.07, 6.45) is 0.856. The minimum atomic E-state index is -1.68. The maximum atomic E-state index is 14.2. The summed E-state index contributed by atoms with van der Waals surface area (Å²) < 4.78 is 0. The lowest BCUT2D eigenvalue weighted by Crippen LogP contribution is -2.60. The minimum Gasteiger partial charge on any atom is -0.480 e. The Balaban J connectivity index is 3.27. The highest BCUT2D eigenvalue weighted by molar-refractivity contribution is 5.99. The van der Waals surface area contributed by atoms with Crippen LogP contribution in [0.2, 0.25) is 0 Å². The number of guanidine groups is 1. The number of carboxylic acids is 1. The van der Waals surface area contributed by atoms with Crippen LogP contribution in [-0.4, -0.2) is 222 Å². The summed E-state index contributed by atoms with van der Waals surface area (Å²) in [7, 11) is 0. The molecule has 0 bridgehead atoms. The SMILES string of the molecule is CC[C@H](C)[C@H](NC(=O)CNC(=O)[C@@H](NC(=O)[C@@H](NC(=O)CNC(=O)[C@H](CCC(N)=O)NC(=O)[C@@H](N)CO)[C@@H](C)CC)C(C)C)C(=O)N[C@@H](CCCN=C(N)N)C(=O)NCC(=O)N[C@H](C(=O)N[C@@H](Cc1ccccc1)C(=O)N[C@@H](CO)C(=O)N[C@@H](C)C(=O)N[C@@H](CCCCN)C(=O)O)C(C)C. The number of aliphatic imine (C=N–C) groups is 1. The topological polar surface area (TPSA) is 616 Å². The van der Waals surface area contributed by atoms with E-state index >= 15 is 0 Å². The second kappa shape index (κ2) is 46.6. The monoisotopic (exact) mass is 1420 g/mol. The fourth-order valence-corrected chi connectivity index (χ4v) is 9.41. The van der Waals surface area contributed by atoms with Crippen LogP contribution in [0.5, 0.6) is 0 Å². The lowest BCUT2D eigenvalue weighted by Gasteiger charge is -2.28. The van der Waals surface area contributed by atoms with Gasteiger partial charge in [-0.05, 0) is 81.2 Å². The smallest absolute Gasteiger partial charge is 0.326 e. The number of nitrogens with one attached hydrogen (secondary N) is 13. The molecule has 26 N–H and O–H groups in total. The summed E-state index contributed by atoms with van der Waals surface area (Å²) in [5, 5.41) is 61.1. The van der Waals surface area contributed by atoms with E-state index in [-0.39, 0.29) is 51.0 Å². The number of aliphatic carboxylic acids is 1. The van der Waals surface area contributed by atoms with E-state index in [1.54, 1.807) is 85.7 Å². The van der Waals surface area contributed by atoms with Gasteiger partial charge in [0.15, 0.2) is 5.96 Å². The normalized spacial score (nSPS) is 14.9. The summed E-state index contributed by atoms with van der Waals surface area (Å²) >= 11 is 0. The molecule has 0 aliphatic heterocycles. The van der Waals surface area contributed by atoms with Crippen molar-refractivity contribution in [3.8, 4) is 0 Å². The molecule has 0 saturated heterocycles. The first kappa shape index (κ1) is 88.4. The maximum absolute atomic E-state index is 14.2. The number of benzene rings is 1. The zero-order valence-corrected chi connectivity index (χ0v) is 58.4. The number of rotatable bonds is 48. The first-order chi connectivity index (χ1) is 47.0. The van der Waals surface area contributed by atoms with E-state index in [1.165, 1.54) is 6.92 Å². The molecule has 13 atom stereocenters. The highest BCUT2D eigenvalue weighted by Crippen LogP contribution is 2.14. The second-order valence-corrected chi connectivity index (χ2v) is 24.8. The van der Waals surface area contributed by atoms with Gasteiger partial charge in [0.1, 0.15) is 66.5 Å². The van der Waals surface area contributed by atoms with E-state index in [0.717, 1.165) is 0 Å². The molecule has 37 heteroatoms. The Bertz CT molecular complexity index is 2940. The van der Waals surface area contributed by atoms with Gasteiger partial charge in [-0.3, -0.25) is 72.1 Å². The highest BCUT2D eigenvalue weighted by Gasteiger charge is 2.36. The summed E-state index contributed by atoms with van der Waals surface area (Å²) in [6, 6.07) is -6.82. The molecule has 0 radical (unpaired) electrons. The van der Waals surface area contributed by atoms with Crippen LogP contribution < -0.4 is 97.8 Å². The van der Waals surface area contributed by atoms with Crippen LogP contribution in [0.25, 0.3) is 0 Å². The summed E-state index contributed by atoms with van der Waals surface area (Å²) in [4.78, 5) is 203. The molecule has 0 aromatic heterocycles. The molecule has 37 nitrogen and oxygen atoms in total. The van der Waals surface area contributed by atoms with Gasteiger partial charge in [-0.1, -0.05) is 98.6 Å². The van der Waals surface area contributed by atoms with Crippen LogP contribution in [0.15, 0.2) is 35.3 Å². The lowest BCUT2D eigenvalue weighted by atomic mass is 9.96. The van der Waals surface area contributed by atoms with Crippen molar-refractivity contribution in [1.82, 2.24) is 69.1 Å². The molecule has 1 aromatic rings. The maximum Gasteiger partial charge on any atom is 0.326 e. The fourth-order valence-electron chi connectivity index (χ4n) is 9.41. The van der Waals surface area contributed by atoms with Crippen molar-refractivity contribution in [2.24, 2.45) is 57.3 Å². The van der Waals surface area contributed by atoms with Crippen LogP contribution in [0.3, 0.4) is 0 Å². The van der Waals surface area contributed by atoms with Crippen molar-refractivity contribution < 1.29 is 87.2 Å². The number of primary amides is 1. The van der Waals surface area contributed by atoms with Crippen molar-refractivity contribution in [1.29, 1.82) is 0 Å². The van der Waals surface area contributed by atoms with E-state index in [1.807, 2.05) is 0 Å². The standard InChI is InChI=1S/C63H107N19O18/c1-10-34(7)50(80-47(88)29-72-58(95)48(32(3)4)82-61(98)51(35(8)11-2)81-46(87)28-71-55(92)40(22-23-44(66)85)74-53(90)38(65)30-83)60(97)75-39(21-17-25-69-63(67)68)54(91)70-27-45(86)79-49(33(5)6)59(96)77-42(26-37-18-13-12-14-19-37)56(93)78-43(31-84)57(94)73-36(9)52(89)76-41(62(99)100)20-15-16-24-64/h12-14,18-19,32-36,38-43,48-51,83-84H,10-11,15-17,20-31,64-65H2,1-9H3,(H2,66,85)(H,70,91)(H,71,92)(H,72,95)(H,73,94)(H,74,90)(H,75,97)(H,76,89)(H,77,96)(H,78,93)(H,79,86)(H,80,88)(H,81,87)(H,82,98)(H,99,100)(H4,67,68,69)/t34-,35-,36-,38-,39-,40-,41-,42-,43-,48-,49-,50-,51-/m0/s1. The van der Waals surface area contributed by atoms with Gasteiger partial charge < -0.3 is 113 Å². The molecule has 0 fully saturated rings. The van der Waals surface area contributed by atoms with E-state index < -0.39 is 212 Å². The van der Waals surface area contributed by atoms with Gasteiger partial charge in [-0.2, -0.15) is 0 Å². The number of unbranched alkanes of at least 4 members (excludes halogenated alkanes) is 1. The molecule has 0 aliphatic carbocycles. The number of hydrogen-bond donors (Lipinski definition) is 21. The zero-order valence-electron chi connectivity index (χ0n) is 58.4. The third-order valence-electron chi connectivity index (χ3n) is 15.9. The third-order valence-corrected chi connectivity index (χ3v) is 15.9. The van der Waals surface area contributed by atoms with Gasteiger partial charge in [0, 0.05) is 19.4 Å². The average molecular weight is 1420 g/mol. The number of carboxylic acid groups (broad SMARTS) is 1. The zero-order chi connectivity index (χ0) is 75.9. The van der Waals surface area contributed by atoms with Crippen LogP contribution in [-0.2, 0) is 78.3 Å². The Hall–Kier alpha value is -9.62. The Morgan fingerprint density at radius 2 is 0.880 bits per heavy atom. The summed E-state index contributed by atoms with van der Waals surface area (Å²) in [5.41, 5.74) is 27.8. The van der Waals surface area contributed by atoms with E-state index in [0.29, 0.717) is 37.8 Å². The second-order valence-electron chi connectivity index (χ2n) is 24.8. The summed E-state index contributed by atoms with van der Waals surface area (Å²) in [6.45, 7) is 10.8. The van der Waals surface area contributed by atoms with Gasteiger partial charge in [0.05, 0.1) is 32.8 Å². The minimum absolute atomic E-state index is 0.000804. The largest absolute Gasteiger partial charge is 0.480 e. The number of amides is 14. The van der Waals surface area contributed by atoms with Crippen molar-refractivity contribution in [2.45, 2.75) is 193 Å². The average Bonchev–Trinajstić information content (AvgIpc) is 0.865. The number of hydrogen-bond acceptors (Lipinski definition) is 20. The van der Waals surface area contributed by atoms with Crippen LogP contribution >= 0.6 is 0 Å². The van der Waals surface area contributed by atoms with Crippen LogP contribution in [0, 0.1) is 23.7 Å². The Kier molecular flexibility index (Phi) is 41.2. The molecule has 0 heterocycles. The number of carbonyl (C=O) groups is 15. The quantitative estimate of drug-likeness (QED) is 0.0164. The molecule has 1 aromatic carbocycles. The van der Waals surface area contributed by atoms with Crippen molar-refractivity contribution in [2.75, 3.05) is 45.9 Å². The number of aliphatic hydroxyl groups excluding tert-OH is 2. The molecule has 1 rings (SSSR count). The Morgan fingerprint density at radius 1 is 0.450 bits per heavy atom. The fraction of sp³-hybridized carbons (Fsp3) is 0.651. The van der Waals surface area contributed by atoms with Gasteiger partial charge >= 0.3 is 5.97 Å². The predicted octanol–water partition coefficient (Wildman–Crippen LogP) is -7.31. The van der Waals surface area contributed by atoms with Crippen molar-refractivity contribution >= 4 is 94.6 Å². The molecular formula is C63H107N19O18. The van der Waals surface area contributed by atoms with Gasteiger partial charge in [0.2, 0.25) is 82.7 Å². The van der Waals surface area contributed by atoms with Crippen molar-refractivity contribution in [3.05, 3.63) is 35.9 Å². The number of nitrogens with zero attached hydrogens (tertiary/aromatic N) is 1. The molecule has 0 aliphatic rings. The molecule has 100 heavy (non-hydrogen) atoms. The highest BCUT2D eigenvalue weighted by atomic mass is 16.4. The predicted molar refractivity (Wildman–Crippen MR) is 364 cm³/mol. The molecule has 14 amide bonds. The first-order valence-corrected chi connectivity index (χ1v) is 33.2. The lowest BCUT2D eigenvalue weighted by molar-refractivity contribution is -0.142. The molecule has 562 valence electrons. The van der Waals surface area contributed by atoms with E-state index in [4.69, 9.17) is 28.7 Å². The number of nitrogens with two attached hydrogens (primary N) is 5. The van der Waals surface area contributed by atoms with Gasteiger partial charge in [-0.25, -0.2) is 4.79 Å². The van der Waals surface area contributed by atoms with E-state index in [9.17, 15) is 87.2 Å². The van der Waals surface area contributed by atoms with Crippen LogP contribution in [0.4, 0.5) is 0 Å². The number of carbonyl (C=O) groups excluding carboxylic acids is 14. The van der Waals surface area contributed by atoms with Gasteiger partial charge in [-0.15, -0.1) is 0 Å². The Morgan fingerprint density at radius 3 is 1.35 bits per heavy atom. The molecular weight excluding hydrogens is 1310 g/mol. The number of aliphatic hydroxyl groups is 2. The van der Waals surface area contributed by atoms with Crippen LogP contribution in [0.1, 0.15) is 126 Å². The Labute approximate surface area is 581 Å². The van der Waals surface area contributed by atoms with Gasteiger partial charge in [0.25, 0.3) is 0 Å². The van der Waals surface area contributed by atoms with Crippen molar-refractivity contribution in [3.63, 3.8) is 0 Å². The van der Waals surface area contributed by atoms with E-state index in [2.05, 4.69) is 74.1 Å². The molecule has 0 saturated carbocycles.